The van der Waals surface area contributed by atoms with E-state index in [2.05, 4.69) is 15.6 Å². The molecule has 9 nitrogen and oxygen atoms in total. The number of fused-ring (bicyclic) bond motifs is 2. The Bertz CT molecular complexity index is 1500. The van der Waals surface area contributed by atoms with Gasteiger partial charge in [-0.15, -0.1) is 11.3 Å². The van der Waals surface area contributed by atoms with E-state index in [0.29, 0.717) is 28.6 Å². The third-order valence-corrected chi connectivity index (χ3v) is 8.24. The number of piperidine rings is 1. The molecule has 2 N–H and O–H groups in total. The number of amides is 4. The number of carbonyl (C=O) groups excluding carboxylic acids is 4. The van der Waals surface area contributed by atoms with E-state index in [0.717, 1.165) is 5.56 Å². The van der Waals surface area contributed by atoms with Gasteiger partial charge in [-0.1, -0.05) is 18.2 Å². The van der Waals surface area contributed by atoms with E-state index < -0.39 is 35.7 Å². The highest BCUT2D eigenvalue weighted by Crippen LogP contribution is 2.42. The van der Waals surface area contributed by atoms with Crippen LogP contribution in [-0.4, -0.2) is 45.8 Å². The number of nitrogens with one attached hydrogen (secondary N) is 2. The zero-order valence-electron chi connectivity index (χ0n) is 20.0. The topological polar surface area (TPSA) is 118 Å². The Kier molecular flexibility index (Phi) is 6.05. The smallest absolute Gasteiger partial charge is 0.407 e. The summed E-state index contributed by atoms with van der Waals surface area (Å²) in [5.41, 5.74) is 3.61. The zero-order valence-corrected chi connectivity index (χ0v) is 20.8. The van der Waals surface area contributed by atoms with Crippen molar-refractivity contribution >= 4 is 45.4 Å². The fraction of sp³-hybridized carbons (Fsp3) is 0.346. The minimum Gasteiger partial charge on any atom is -0.446 e. The third kappa shape index (κ3) is 4.18. The number of aromatic nitrogens is 1. The number of halogens is 2. The van der Waals surface area contributed by atoms with Gasteiger partial charge in [0.15, 0.2) is 0 Å². The fourth-order valence-electron chi connectivity index (χ4n) is 5.33. The number of carbonyl (C=O) groups is 4. The standard InChI is InChI=1S/C26H22F2N4O5S/c27-17-4-3-16(22-23(17)38-11-30-22)14-7-15(8-14)37-26(36)29-9-12-1-2-13-10-32(25(35)20(13)21(12)28)18-5-6-19(33)31-24(18)34/h1-4,11,14-15,18H,5-10H2,(H,29,36)(H,31,33,34). The predicted octanol–water partition coefficient (Wildman–Crippen LogP) is 3.51. The molecule has 0 bridgehead atoms. The molecule has 0 spiro atoms. The summed E-state index contributed by atoms with van der Waals surface area (Å²) in [6, 6.07) is 5.40. The Balaban J connectivity index is 1.04. The van der Waals surface area contributed by atoms with Crippen molar-refractivity contribution in [3.05, 3.63) is 63.7 Å². The summed E-state index contributed by atoms with van der Waals surface area (Å²) in [5, 5.41) is 4.74. The monoisotopic (exact) mass is 540 g/mol. The van der Waals surface area contributed by atoms with Gasteiger partial charge in [-0.05, 0) is 42.4 Å². The van der Waals surface area contributed by atoms with Crippen molar-refractivity contribution in [1.29, 1.82) is 0 Å². The molecule has 1 atom stereocenters. The molecule has 3 aromatic rings. The molecule has 1 aromatic heterocycles. The lowest BCUT2D eigenvalue weighted by molar-refractivity contribution is -0.136. The first-order valence-electron chi connectivity index (χ1n) is 12.2. The zero-order chi connectivity index (χ0) is 26.6. The molecular weight excluding hydrogens is 518 g/mol. The van der Waals surface area contributed by atoms with Crippen molar-refractivity contribution in [2.24, 2.45) is 0 Å². The largest absolute Gasteiger partial charge is 0.446 e. The summed E-state index contributed by atoms with van der Waals surface area (Å²) < 4.78 is 35.1. The molecule has 4 amide bonds. The van der Waals surface area contributed by atoms with Gasteiger partial charge in [-0.2, -0.15) is 0 Å². The lowest BCUT2D eigenvalue weighted by atomic mass is 9.77. The maximum atomic E-state index is 15.3. The number of thiazole rings is 1. The Morgan fingerprint density at radius 3 is 2.79 bits per heavy atom. The number of nitrogens with zero attached hydrogens (tertiary/aromatic N) is 2. The van der Waals surface area contributed by atoms with Crippen LogP contribution in [0, 0.1) is 11.6 Å². The summed E-state index contributed by atoms with van der Waals surface area (Å²) in [7, 11) is 0. The van der Waals surface area contributed by atoms with Gasteiger partial charge in [0, 0.05) is 25.1 Å². The number of rotatable bonds is 5. The van der Waals surface area contributed by atoms with Crippen molar-refractivity contribution in [3.8, 4) is 0 Å². The number of ether oxygens (including phenoxy) is 1. The molecule has 1 saturated heterocycles. The summed E-state index contributed by atoms with van der Waals surface area (Å²) in [4.78, 5) is 54.4. The van der Waals surface area contributed by atoms with Gasteiger partial charge < -0.3 is 15.0 Å². The Morgan fingerprint density at radius 2 is 2.00 bits per heavy atom. The third-order valence-electron chi connectivity index (χ3n) is 7.41. The summed E-state index contributed by atoms with van der Waals surface area (Å²) >= 11 is 1.25. The van der Waals surface area contributed by atoms with Crippen molar-refractivity contribution in [2.45, 2.75) is 56.8 Å². The second kappa shape index (κ2) is 9.43. The van der Waals surface area contributed by atoms with E-state index in [9.17, 15) is 23.6 Å². The molecule has 2 aliphatic heterocycles. The Morgan fingerprint density at radius 1 is 1.18 bits per heavy atom. The fourth-order valence-corrected chi connectivity index (χ4v) is 6.06. The Labute approximate surface area is 219 Å². The van der Waals surface area contributed by atoms with Crippen LogP contribution in [0.3, 0.4) is 0 Å². The van der Waals surface area contributed by atoms with Crippen LogP contribution in [0.15, 0.2) is 29.8 Å². The van der Waals surface area contributed by atoms with Crippen LogP contribution in [0.2, 0.25) is 0 Å². The second-order valence-electron chi connectivity index (χ2n) is 9.69. The summed E-state index contributed by atoms with van der Waals surface area (Å²) in [6.45, 7) is -0.117. The molecule has 38 heavy (non-hydrogen) atoms. The van der Waals surface area contributed by atoms with E-state index in [1.54, 1.807) is 17.6 Å². The van der Waals surface area contributed by atoms with Crippen molar-refractivity contribution < 1.29 is 32.7 Å². The molecule has 1 aliphatic carbocycles. The number of imide groups is 1. The highest BCUT2D eigenvalue weighted by molar-refractivity contribution is 7.16. The normalized spacial score (nSPS) is 22.7. The van der Waals surface area contributed by atoms with E-state index in [4.69, 9.17) is 4.74 Å². The van der Waals surface area contributed by atoms with Crippen LogP contribution < -0.4 is 10.6 Å². The number of benzene rings is 2. The predicted molar refractivity (Wildman–Crippen MR) is 131 cm³/mol. The van der Waals surface area contributed by atoms with Gasteiger partial charge in [-0.3, -0.25) is 19.7 Å². The molecule has 3 heterocycles. The van der Waals surface area contributed by atoms with Gasteiger partial charge in [0.2, 0.25) is 11.8 Å². The molecule has 0 radical (unpaired) electrons. The maximum absolute atomic E-state index is 15.3. The lowest BCUT2D eigenvalue weighted by Crippen LogP contribution is -2.52. The van der Waals surface area contributed by atoms with Crippen LogP contribution in [0.25, 0.3) is 10.2 Å². The molecule has 1 saturated carbocycles. The summed E-state index contributed by atoms with van der Waals surface area (Å²) in [5.74, 6) is -2.54. The van der Waals surface area contributed by atoms with Gasteiger partial charge >= 0.3 is 6.09 Å². The first-order chi connectivity index (χ1) is 18.3. The van der Waals surface area contributed by atoms with Crippen LogP contribution in [0.4, 0.5) is 13.6 Å². The maximum Gasteiger partial charge on any atom is 0.407 e. The highest BCUT2D eigenvalue weighted by atomic mass is 32.1. The molecule has 2 fully saturated rings. The SMILES string of the molecule is O=C1CCC(N2Cc3ccc(CNC(=O)OC4CC(c5ccc(F)c6scnc56)C4)c(F)c3C2=O)C(=O)N1. The molecule has 12 heteroatoms. The van der Waals surface area contributed by atoms with Crippen LogP contribution in [0.1, 0.15) is 58.6 Å². The first-order valence-corrected chi connectivity index (χ1v) is 13.1. The van der Waals surface area contributed by atoms with Crippen LogP contribution in [-0.2, 0) is 27.4 Å². The van der Waals surface area contributed by atoms with Crippen molar-refractivity contribution in [3.63, 3.8) is 0 Å². The molecule has 2 aromatic carbocycles. The van der Waals surface area contributed by atoms with E-state index in [1.807, 2.05) is 0 Å². The van der Waals surface area contributed by atoms with Gasteiger partial charge in [0.05, 0.1) is 21.3 Å². The number of hydrogen-bond donors (Lipinski definition) is 2. The van der Waals surface area contributed by atoms with Crippen molar-refractivity contribution in [1.82, 2.24) is 20.5 Å². The minimum atomic E-state index is -0.837. The van der Waals surface area contributed by atoms with Crippen LogP contribution >= 0.6 is 11.3 Å². The molecular formula is C26H22F2N4O5S. The van der Waals surface area contributed by atoms with E-state index >= 15 is 4.39 Å². The molecule has 1 unspecified atom stereocenters. The number of hydrogen-bond acceptors (Lipinski definition) is 7. The summed E-state index contributed by atoms with van der Waals surface area (Å²) in [6.07, 6.45) is 0.406. The molecule has 196 valence electrons. The van der Waals surface area contributed by atoms with Crippen LogP contribution in [0.5, 0.6) is 0 Å². The lowest BCUT2D eigenvalue weighted by Gasteiger charge is -2.35. The molecule has 3 aliphatic rings. The highest BCUT2D eigenvalue weighted by Gasteiger charge is 2.41. The average Bonchev–Trinajstić information content (AvgIpc) is 3.48. The van der Waals surface area contributed by atoms with E-state index in [1.165, 1.54) is 28.4 Å². The van der Waals surface area contributed by atoms with Gasteiger partial charge in [0.25, 0.3) is 5.91 Å². The van der Waals surface area contributed by atoms with Gasteiger partial charge in [-0.25, -0.2) is 18.6 Å². The quantitative estimate of drug-likeness (QED) is 0.479. The second-order valence-corrected chi connectivity index (χ2v) is 10.5. The van der Waals surface area contributed by atoms with E-state index in [-0.39, 0.29) is 54.9 Å². The van der Waals surface area contributed by atoms with Gasteiger partial charge in [0.1, 0.15) is 23.8 Å². The molecule has 6 rings (SSSR count). The minimum absolute atomic E-state index is 0.0667. The number of alkyl carbamates (subject to hydrolysis) is 1. The Hall–Kier alpha value is -3.93. The van der Waals surface area contributed by atoms with Crippen molar-refractivity contribution in [2.75, 3.05) is 0 Å². The average molecular weight is 541 g/mol. The first kappa shape index (κ1) is 24.4.